The highest BCUT2D eigenvalue weighted by molar-refractivity contribution is 6.16. The molecule has 0 unspecified atom stereocenters. The third kappa shape index (κ3) is 3.26. The molecule has 0 atom stereocenters. The SMILES string of the molecule is COC(=O)C1=C(C)N(C2CCCCC2)C(=O)/C1=C\c1ccccc1OC. The van der Waals surface area contributed by atoms with Gasteiger partial charge in [-0.1, -0.05) is 37.5 Å². The lowest BCUT2D eigenvalue weighted by atomic mass is 9.94. The lowest BCUT2D eigenvalue weighted by Gasteiger charge is -2.32. The number of carbonyl (C=O) groups is 2. The van der Waals surface area contributed by atoms with Crippen LogP contribution in [0.1, 0.15) is 44.6 Å². The van der Waals surface area contributed by atoms with Crippen LogP contribution in [0.2, 0.25) is 0 Å². The smallest absolute Gasteiger partial charge is 0.340 e. The van der Waals surface area contributed by atoms with Crippen LogP contribution in [0.3, 0.4) is 0 Å². The number of para-hydroxylation sites is 1. The fraction of sp³-hybridized carbons (Fsp3) is 0.429. The van der Waals surface area contributed by atoms with E-state index < -0.39 is 5.97 Å². The molecule has 1 amide bonds. The molecule has 0 N–H and O–H groups in total. The Balaban J connectivity index is 2.07. The number of methoxy groups -OCH3 is 2. The quantitative estimate of drug-likeness (QED) is 0.610. The Bertz CT molecular complexity index is 772. The van der Waals surface area contributed by atoms with Gasteiger partial charge in [0.05, 0.1) is 25.4 Å². The van der Waals surface area contributed by atoms with E-state index in [0.29, 0.717) is 22.6 Å². The minimum atomic E-state index is -0.477. The molecule has 1 fully saturated rings. The molecule has 0 radical (unpaired) electrons. The first-order valence-electron chi connectivity index (χ1n) is 9.06. The Morgan fingerprint density at radius 3 is 2.50 bits per heavy atom. The molecule has 1 heterocycles. The molecule has 1 aromatic rings. The number of benzene rings is 1. The van der Waals surface area contributed by atoms with Gasteiger partial charge in [0.25, 0.3) is 5.91 Å². The summed E-state index contributed by atoms with van der Waals surface area (Å²) >= 11 is 0. The number of allylic oxidation sites excluding steroid dienone is 1. The highest BCUT2D eigenvalue weighted by Gasteiger charge is 2.40. The molecule has 1 saturated carbocycles. The van der Waals surface area contributed by atoms with E-state index in [4.69, 9.17) is 9.47 Å². The van der Waals surface area contributed by atoms with E-state index in [1.54, 1.807) is 18.1 Å². The molecule has 0 aromatic heterocycles. The van der Waals surface area contributed by atoms with Crippen molar-refractivity contribution in [2.24, 2.45) is 0 Å². The number of nitrogens with zero attached hydrogens (tertiary/aromatic N) is 1. The Morgan fingerprint density at radius 1 is 1.15 bits per heavy atom. The summed E-state index contributed by atoms with van der Waals surface area (Å²) in [4.78, 5) is 27.4. The number of hydrogen-bond donors (Lipinski definition) is 0. The monoisotopic (exact) mass is 355 g/mol. The van der Waals surface area contributed by atoms with Gasteiger partial charge in [-0.05, 0) is 31.9 Å². The Kier molecular flexibility index (Phi) is 5.45. The van der Waals surface area contributed by atoms with E-state index in [1.807, 2.05) is 31.2 Å². The van der Waals surface area contributed by atoms with Crippen molar-refractivity contribution in [3.8, 4) is 5.75 Å². The molecule has 1 aliphatic carbocycles. The summed E-state index contributed by atoms with van der Waals surface area (Å²) in [5.41, 5.74) is 2.19. The summed E-state index contributed by atoms with van der Waals surface area (Å²) in [5.74, 6) is 0.0572. The van der Waals surface area contributed by atoms with Crippen molar-refractivity contribution in [3.63, 3.8) is 0 Å². The number of ether oxygens (including phenoxy) is 2. The highest BCUT2D eigenvalue weighted by atomic mass is 16.5. The van der Waals surface area contributed by atoms with Crippen LogP contribution < -0.4 is 4.74 Å². The second-order valence-electron chi connectivity index (χ2n) is 6.72. The molecule has 5 heteroatoms. The Morgan fingerprint density at radius 2 is 1.85 bits per heavy atom. The largest absolute Gasteiger partial charge is 0.496 e. The number of amides is 1. The number of esters is 1. The van der Waals surface area contributed by atoms with Crippen molar-refractivity contribution < 1.29 is 19.1 Å². The number of hydrogen-bond acceptors (Lipinski definition) is 4. The number of rotatable bonds is 4. The van der Waals surface area contributed by atoms with Crippen molar-refractivity contribution >= 4 is 18.0 Å². The van der Waals surface area contributed by atoms with Crippen molar-refractivity contribution in [2.45, 2.75) is 45.1 Å². The van der Waals surface area contributed by atoms with E-state index >= 15 is 0 Å². The fourth-order valence-corrected chi connectivity index (χ4v) is 3.92. The van der Waals surface area contributed by atoms with E-state index in [9.17, 15) is 9.59 Å². The average Bonchev–Trinajstić information content (AvgIpc) is 2.92. The third-order valence-electron chi connectivity index (χ3n) is 5.21. The van der Waals surface area contributed by atoms with E-state index in [-0.39, 0.29) is 11.9 Å². The summed E-state index contributed by atoms with van der Waals surface area (Å²) in [5, 5.41) is 0. The summed E-state index contributed by atoms with van der Waals surface area (Å²) in [6.07, 6.45) is 7.11. The molecule has 0 spiro atoms. The zero-order valence-electron chi connectivity index (χ0n) is 15.6. The van der Waals surface area contributed by atoms with Gasteiger partial charge >= 0.3 is 5.97 Å². The van der Waals surface area contributed by atoms with Crippen LogP contribution in [-0.2, 0) is 14.3 Å². The fourth-order valence-electron chi connectivity index (χ4n) is 3.92. The predicted molar refractivity (Wildman–Crippen MR) is 99.4 cm³/mol. The van der Waals surface area contributed by atoms with Crippen LogP contribution in [0.25, 0.3) is 6.08 Å². The molecule has 0 saturated heterocycles. The second-order valence-corrected chi connectivity index (χ2v) is 6.72. The highest BCUT2D eigenvalue weighted by Crippen LogP contribution is 2.37. The van der Waals surface area contributed by atoms with Gasteiger partial charge in [0.2, 0.25) is 0 Å². The van der Waals surface area contributed by atoms with Crippen molar-refractivity contribution in [2.75, 3.05) is 14.2 Å². The average molecular weight is 355 g/mol. The van der Waals surface area contributed by atoms with E-state index in [2.05, 4.69) is 0 Å². The first kappa shape index (κ1) is 18.2. The molecule has 3 rings (SSSR count). The van der Waals surface area contributed by atoms with Gasteiger partial charge in [0.15, 0.2) is 0 Å². The van der Waals surface area contributed by atoms with Gasteiger partial charge in [0, 0.05) is 17.3 Å². The minimum Gasteiger partial charge on any atom is -0.496 e. The summed E-state index contributed by atoms with van der Waals surface area (Å²) < 4.78 is 10.3. The van der Waals surface area contributed by atoms with Crippen LogP contribution in [0.5, 0.6) is 5.75 Å². The third-order valence-corrected chi connectivity index (χ3v) is 5.21. The molecule has 26 heavy (non-hydrogen) atoms. The van der Waals surface area contributed by atoms with Crippen molar-refractivity contribution in [3.05, 3.63) is 46.7 Å². The lowest BCUT2D eigenvalue weighted by Crippen LogP contribution is -2.37. The van der Waals surface area contributed by atoms with Crippen LogP contribution in [0.4, 0.5) is 0 Å². The Hall–Kier alpha value is -2.56. The molecule has 0 bridgehead atoms. The van der Waals surface area contributed by atoms with Crippen LogP contribution in [0.15, 0.2) is 41.1 Å². The molecule has 1 aliphatic heterocycles. The van der Waals surface area contributed by atoms with Gasteiger partial charge < -0.3 is 14.4 Å². The summed E-state index contributed by atoms with van der Waals surface area (Å²) in [7, 11) is 2.93. The maximum atomic E-state index is 13.2. The van der Waals surface area contributed by atoms with Gasteiger partial charge in [-0.25, -0.2) is 4.79 Å². The molecule has 138 valence electrons. The molecule has 1 aromatic carbocycles. The van der Waals surface area contributed by atoms with Crippen LogP contribution >= 0.6 is 0 Å². The van der Waals surface area contributed by atoms with Gasteiger partial charge in [0.1, 0.15) is 5.75 Å². The minimum absolute atomic E-state index is 0.124. The normalized spacial score (nSPS) is 20.0. The van der Waals surface area contributed by atoms with Crippen molar-refractivity contribution in [1.29, 1.82) is 0 Å². The predicted octanol–water partition coefficient (Wildman–Crippen LogP) is 3.70. The molecule has 5 nitrogen and oxygen atoms in total. The van der Waals surface area contributed by atoms with Gasteiger partial charge in [-0.2, -0.15) is 0 Å². The molecular weight excluding hydrogens is 330 g/mol. The summed E-state index contributed by atoms with van der Waals surface area (Å²) in [6, 6.07) is 7.60. The standard InChI is InChI=1S/C21H25NO4/c1-14-19(21(24)26-3)17(13-15-9-7-8-12-18(15)25-2)20(23)22(14)16-10-5-4-6-11-16/h7-9,12-13,16H,4-6,10-11H2,1-3H3/b17-13-. The second kappa shape index (κ2) is 7.77. The zero-order chi connectivity index (χ0) is 18.7. The summed E-state index contributed by atoms with van der Waals surface area (Å²) in [6.45, 7) is 1.84. The topological polar surface area (TPSA) is 55.8 Å². The first-order valence-corrected chi connectivity index (χ1v) is 9.06. The number of carbonyl (C=O) groups excluding carboxylic acids is 2. The van der Waals surface area contributed by atoms with Crippen molar-refractivity contribution in [1.82, 2.24) is 4.90 Å². The molecular formula is C21H25NO4. The van der Waals surface area contributed by atoms with E-state index in [0.717, 1.165) is 31.2 Å². The Labute approximate surface area is 154 Å². The van der Waals surface area contributed by atoms with Crippen LogP contribution in [-0.4, -0.2) is 37.0 Å². The van der Waals surface area contributed by atoms with Gasteiger partial charge in [-0.3, -0.25) is 4.79 Å². The molecule has 2 aliphatic rings. The maximum absolute atomic E-state index is 13.2. The maximum Gasteiger partial charge on any atom is 0.340 e. The van der Waals surface area contributed by atoms with E-state index in [1.165, 1.54) is 13.5 Å². The van der Waals surface area contributed by atoms with Gasteiger partial charge in [-0.15, -0.1) is 0 Å². The van der Waals surface area contributed by atoms with Crippen LogP contribution in [0, 0.1) is 0 Å². The zero-order valence-corrected chi connectivity index (χ0v) is 15.6. The lowest BCUT2D eigenvalue weighted by molar-refractivity contribution is -0.136. The first-order chi connectivity index (χ1) is 12.6.